The van der Waals surface area contributed by atoms with Crippen LogP contribution in [0.4, 0.5) is 5.95 Å². The van der Waals surface area contributed by atoms with E-state index in [4.69, 9.17) is 4.74 Å². The number of anilines is 1. The summed E-state index contributed by atoms with van der Waals surface area (Å²) < 4.78 is 5.54. The van der Waals surface area contributed by atoms with Gasteiger partial charge in [-0.2, -0.15) is 15.0 Å². The summed E-state index contributed by atoms with van der Waals surface area (Å²) in [6, 6.07) is 2.40. The third-order valence-corrected chi connectivity index (χ3v) is 3.26. The lowest BCUT2D eigenvalue weighted by atomic mass is 10.3. The number of aromatic nitrogens is 3. The highest BCUT2D eigenvalue weighted by molar-refractivity contribution is 7.13. The quantitative estimate of drug-likeness (QED) is 0.920. The molecule has 0 fully saturated rings. The molecule has 1 N–H and O–H groups in total. The van der Waals surface area contributed by atoms with Gasteiger partial charge < -0.3 is 10.1 Å². The summed E-state index contributed by atoms with van der Waals surface area (Å²) >= 11 is 1.61. The summed E-state index contributed by atoms with van der Waals surface area (Å²) in [6.45, 7) is 5.93. The second-order valence-corrected chi connectivity index (χ2v) is 5.03. The first-order chi connectivity index (χ1) is 8.60. The smallest absolute Gasteiger partial charge is 0.322 e. The van der Waals surface area contributed by atoms with E-state index in [1.807, 2.05) is 32.2 Å². The monoisotopic (exact) mass is 264 g/mol. The summed E-state index contributed by atoms with van der Waals surface area (Å²) in [5.41, 5.74) is 1.16. The van der Waals surface area contributed by atoms with Crippen LogP contribution in [0.25, 0.3) is 10.7 Å². The van der Waals surface area contributed by atoms with Gasteiger partial charge in [-0.1, -0.05) is 0 Å². The molecular formula is C12H16N4OS. The van der Waals surface area contributed by atoms with E-state index in [9.17, 15) is 0 Å². The molecule has 0 aliphatic heterocycles. The van der Waals surface area contributed by atoms with Gasteiger partial charge in [0.25, 0.3) is 0 Å². The van der Waals surface area contributed by atoms with Crippen LogP contribution in [0.1, 0.15) is 19.4 Å². The van der Waals surface area contributed by atoms with E-state index >= 15 is 0 Å². The molecule has 0 spiro atoms. The Labute approximate surface area is 110 Å². The summed E-state index contributed by atoms with van der Waals surface area (Å²) in [6.07, 6.45) is 0.0365. The molecule has 0 aliphatic carbocycles. The Morgan fingerprint density at radius 3 is 2.61 bits per heavy atom. The van der Waals surface area contributed by atoms with Gasteiger partial charge in [0.15, 0.2) is 5.82 Å². The molecule has 0 amide bonds. The van der Waals surface area contributed by atoms with E-state index < -0.39 is 0 Å². The largest absolute Gasteiger partial charge is 0.461 e. The molecule has 2 rings (SSSR count). The molecule has 96 valence electrons. The number of ether oxygens (including phenoxy) is 1. The van der Waals surface area contributed by atoms with Crippen LogP contribution < -0.4 is 10.1 Å². The molecule has 0 bridgehead atoms. The van der Waals surface area contributed by atoms with Gasteiger partial charge in [0, 0.05) is 7.05 Å². The number of hydrogen-bond acceptors (Lipinski definition) is 6. The Balaban J connectivity index is 2.44. The molecule has 0 saturated heterocycles. The van der Waals surface area contributed by atoms with Crippen LogP contribution in [0, 0.1) is 6.92 Å². The maximum atomic E-state index is 5.54. The van der Waals surface area contributed by atoms with E-state index in [-0.39, 0.29) is 6.10 Å². The standard InChI is InChI=1S/C12H16N4OS/c1-7(2)17-12-15-10(14-11(13-4)16-12)9-8(3)5-6-18-9/h5-7H,1-4H3,(H,13,14,15,16). The summed E-state index contributed by atoms with van der Waals surface area (Å²) in [4.78, 5) is 13.9. The Morgan fingerprint density at radius 1 is 1.28 bits per heavy atom. The number of nitrogens with zero attached hydrogens (tertiary/aromatic N) is 3. The van der Waals surface area contributed by atoms with Gasteiger partial charge in [0.2, 0.25) is 5.95 Å². The molecule has 5 nitrogen and oxygen atoms in total. The van der Waals surface area contributed by atoms with Crippen molar-refractivity contribution in [3.8, 4) is 16.7 Å². The minimum absolute atomic E-state index is 0.0365. The zero-order valence-electron chi connectivity index (χ0n) is 10.9. The van der Waals surface area contributed by atoms with E-state index in [2.05, 4.69) is 20.3 Å². The van der Waals surface area contributed by atoms with Gasteiger partial charge in [-0.25, -0.2) is 0 Å². The highest BCUT2D eigenvalue weighted by Gasteiger charge is 2.12. The van der Waals surface area contributed by atoms with Crippen molar-refractivity contribution in [1.29, 1.82) is 0 Å². The molecule has 0 aromatic carbocycles. The van der Waals surface area contributed by atoms with Gasteiger partial charge in [-0.15, -0.1) is 11.3 Å². The lowest BCUT2D eigenvalue weighted by Gasteiger charge is -2.09. The number of thiophene rings is 1. The van der Waals surface area contributed by atoms with Crippen molar-refractivity contribution >= 4 is 17.3 Å². The molecule has 2 aromatic heterocycles. The Hall–Kier alpha value is -1.69. The molecule has 0 aliphatic rings. The van der Waals surface area contributed by atoms with Crippen LogP contribution in [0.15, 0.2) is 11.4 Å². The first kappa shape index (κ1) is 12.8. The molecule has 6 heteroatoms. The van der Waals surface area contributed by atoms with Crippen molar-refractivity contribution in [2.75, 3.05) is 12.4 Å². The molecule has 2 aromatic rings. The summed E-state index contributed by atoms with van der Waals surface area (Å²) in [7, 11) is 1.78. The van der Waals surface area contributed by atoms with E-state index in [0.717, 1.165) is 10.4 Å². The summed E-state index contributed by atoms with van der Waals surface area (Å²) in [5, 5.41) is 4.95. The molecule has 0 radical (unpaired) electrons. The molecule has 0 saturated carbocycles. The SMILES string of the molecule is CNc1nc(OC(C)C)nc(-c2sccc2C)n1. The van der Waals surface area contributed by atoms with Crippen molar-refractivity contribution in [3.05, 3.63) is 17.0 Å². The van der Waals surface area contributed by atoms with Gasteiger partial charge in [-0.3, -0.25) is 0 Å². The fourth-order valence-corrected chi connectivity index (χ4v) is 2.29. The lowest BCUT2D eigenvalue weighted by Crippen LogP contribution is -2.11. The average Bonchev–Trinajstić information content (AvgIpc) is 2.74. The maximum Gasteiger partial charge on any atom is 0.322 e. The molecule has 0 atom stereocenters. The van der Waals surface area contributed by atoms with Gasteiger partial charge in [-0.05, 0) is 37.8 Å². The number of hydrogen-bond donors (Lipinski definition) is 1. The second kappa shape index (κ2) is 5.30. The van der Waals surface area contributed by atoms with Gasteiger partial charge in [0.05, 0.1) is 11.0 Å². The van der Waals surface area contributed by atoms with Crippen molar-refractivity contribution in [1.82, 2.24) is 15.0 Å². The summed E-state index contributed by atoms with van der Waals surface area (Å²) in [5.74, 6) is 1.17. The zero-order valence-corrected chi connectivity index (χ0v) is 11.7. The predicted octanol–water partition coefficient (Wildman–Crippen LogP) is 2.74. The lowest BCUT2D eigenvalue weighted by molar-refractivity contribution is 0.222. The van der Waals surface area contributed by atoms with Crippen LogP contribution in [0.2, 0.25) is 0 Å². The van der Waals surface area contributed by atoms with Crippen LogP contribution in [-0.4, -0.2) is 28.1 Å². The molecular weight excluding hydrogens is 248 g/mol. The fraction of sp³-hybridized carbons (Fsp3) is 0.417. The van der Waals surface area contributed by atoms with E-state index in [1.54, 1.807) is 18.4 Å². The normalized spacial score (nSPS) is 10.7. The minimum Gasteiger partial charge on any atom is -0.461 e. The number of aryl methyl sites for hydroxylation is 1. The predicted molar refractivity (Wildman–Crippen MR) is 73.2 cm³/mol. The first-order valence-corrected chi connectivity index (χ1v) is 6.63. The van der Waals surface area contributed by atoms with E-state index in [0.29, 0.717) is 17.8 Å². The number of rotatable bonds is 4. The first-order valence-electron chi connectivity index (χ1n) is 5.75. The van der Waals surface area contributed by atoms with Crippen molar-refractivity contribution in [3.63, 3.8) is 0 Å². The van der Waals surface area contributed by atoms with Crippen molar-refractivity contribution in [2.45, 2.75) is 26.9 Å². The molecule has 2 heterocycles. The zero-order chi connectivity index (χ0) is 13.1. The van der Waals surface area contributed by atoms with Crippen molar-refractivity contribution < 1.29 is 4.74 Å². The van der Waals surface area contributed by atoms with E-state index in [1.165, 1.54) is 0 Å². The van der Waals surface area contributed by atoms with Crippen LogP contribution >= 0.6 is 11.3 Å². The van der Waals surface area contributed by atoms with Gasteiger partial charge >= 0.3 is 6.01 Å². The third kappa shape index (κ3) is 2.76. The molecule has 0 unspecified atom stereocenters. The molecule has 18 heavy (non-hydrogen) atoms. The van der Waals surface area contributed by atoms with Gasteiger partial charge in [0.1, 0.15) is 0 Å². The maximum absolute atomic E-state index is 5.54. The van der Waals surface area contributed by atoms with Crippen LogP contribution in [0.3, 0.4) is 0 Å². The van der Waals surface area contributed by atoms with Crippen LogP contribution in [0.5, 0.6) is 6.01 Å². The highest BCUT2D eigenvalue weighted by Crippen LogP contribution is 2.27. The minimum atomic E-state index is 0.0365. The topological polar surface area (TPSA) is 59.9 Å². The van der Waals surface area contributed by atoms with Crippen LogP contribution in [-0.2, 0) is 0 Å². The second-order valence-electron chi connectivity index (χ2n) is 4.11. The third-order valence-electron chi connectivity index (χ3n) is 2.24. The number of nitrogens with one attached hydrogen (secondary N) is 1. The Bertz CT molecular complexity index is 539. The Morgan fingerprint density at radius 2 is 2.06 bits per heavy atom. The van der Waals surface area contributed by atoms with Crippen molar-refractivity contribution in [2.24, 2.45) is 0 Å². The average molecular weight is 264 g/mol. The highest BCUT2D eigenvalue weighted by atomic mass is 32.1. The Kier molecular flexibility index (Phi) is 3.76. The fourth-order valence-electron chi connectivity index (χ4n) is 1.44.